The number of morpholine rings is 1. The van der Waals surface area contributed by atoms with Crippen molar-refractivity contribution in [3.05, 3.63) is 22.4 Å². The average molecular weight is 347 g/mol. The summed E-state index contributed by atoms with van der Waals surface area (Å²) in [6.07, 6.45) is 3.93. The Hall–Kier alpha value is -1.13. The van der Waals surface area contributed by atoms with Crippen molar-refractivity contribution in [3.8, 4) is 6.07 Å². The smallest absolute Gasteiger partial charge is 0.114 e. The van der Waals surface area contributed by atoms with Crippen molar-refractivity contribution in [2.45, 2.75) is 43.7 Å². The molecule has 1 aliphatic carbocycles. The highest BCUT2D eigenvalue weighted by molar-refractivity contribution is 7.99. The number of aliphatic hydroxyl groups excluding tert-OH is 1. The van der Waals surface area contributed by atoms with Gasteiger partial charge in [0.25, 0.3) is 0 Å². The Morgan fingerprint density at radius 1 is 1.29 bits per heavy atom. The van der Waals surface area contributed by atoms with E-state index in [-0.39, 0.29) is 0 Å². The maximum Gasteiger partial charge on any atom is 0.114 e. The van der Waals surface area contributed by atoms with Crippen LogP contribution < -0.4 is 0 Å². The molecule has 0 radical (unpaired) electrons. The quantitative estimate of drug-likeness (QED) is 0.821. The zero-order valence-electron chi connectivity index (χ0n) is 14.3. The van der Waals surface area contributed by atoms with E-state index in [4.69, 9.17) is 4.74 Å². The number of β-amino-alcohol motifs (C(OH)–C–C–N with tert-alkyl or cyclic N) is 1. The molecule has 0 spiro atoms. The summed E-state index contributed by atoms with van der Waals surface area (Å²) in [5.41, 5.74) is 4.25. The molecule has 2 heterocycles. The number of fused-ring (bicyclic) bond motifs is 1. The number of aromatic nitrogens is 1. The van der Waals surface area contributed by atoms with Crippen LogP contribution in [0.25, 0.3) is 0 Å². The van der Waals surface area contributed by atoms with Crippen molar-refractivity contribution in [2.24, 2.45) is 0 Å². The highest BCUT2D eigenvalue weighted by atomic mass is 32.2. The van der Waals surface area contributed by atoms with Crippen LogP contribution in [0.2, 0.25) is 0 Å². The third kappa shape index (κ3) is 4.09. The maximum atomic E-state index is 10.3. The van der Waals surface area contributed by atoms with Crippen LogP contribution in [0.5, 0.6) is 0 Å². The van der Waals surface area contributed by atoms with Gasteiger partial charge in [-0.05, 0) is 43.7 Å². The van der Waals surface area contributed by atoms with Crippen LogP contribution in [0, 0.1) is 18.3 Å². The highest BCUT2D eigenvalue weighted by Crippen LogP contribution is 2.32. The van der Waals surface area contributed by atoms with Gasteiger partial charge in [-0.3, -0.25) is 4.90 Å². The third-order valence-corrected chi connectivity index (χ3v) is 5.91. The van der Waals surface area contributed by atoms with Crippen molar-refractivity contribution in [1.82, 2.24) is 9.88 Å². The molecule has 2 aliphatic rings. The van der Waals surface area contributed by atoms with Crippen LogP contribution in [0.1, 0.15) is 35.2 Å². The Kier molecular flexibility index (Phi) is 6.12. The SMILES string of the molecule is Cc1nc(SCC(O)CN2CCOCC2)c(C#N)c2c1CCCC2. The monoisotopic (exact) mass is 347 g/mol. The van der Waals surface area contributed by atoms with E-state index in [9.17, 15) is 10.4 Å². The Bertz CT molecular complexity index is 624. The van der Waals surface area contributed by atoms with E-state index in [0.29, 0.717) is 12.3 Å². The van der Waals surface area contributed by atoms with E-state index in [1.54, 1.807) is 0 Å². The molecule has 1 aliphatic heterocycles. The minimum atomic E-state index is -0.419. The summed E-state index contributed by atoms with van der Waals surface area (Å²) in [5, 5.41) is 20.7. The van der Waals surface area contributed by atoms with Gasteiger partial charge in [-0.15, -0.1) is 11.8 Å². The van der Waals surface area contributed by atoms with Crippen molar-refractivity contribution in [2.75, 3.05) is 38.6 Å². The second kappa shape index (κ2) is 8.30. The van der Waals surface area contributed by atoms with Crippen molar-refractivity contribution in [3.63, 3.8) is 0 Å². The first-order chi connectivity index (χ1) is 11.7. The molecule has 1 atom stereocenters. The fraction of sp³-hybridized carbons (Fsp3) is 0.667. The van der Waals surface area contributed by atoms with Crippen LogP contribution in [-0.2, 0) is 17.6 Å². The van der Waals surface area contributed by atoms with E-state index in [1.165, 1.54) is 29.3 Å². The number of rotatable bonds is 5. The second-order valence-corrected chi connectivity index (χ2v) is 7.54. The first-order valence-electron chi connectivity index (χ1n) is 8.72. The van der Waals surface area contributed by atoms with Gasteiger partial charge in [-0.25, -0.2) is 4.98 Å². The summed E-state index contributed by atoms with van der Waals surface area (Å²) < 4.78 is 5.33. The maximum absolute atomic E-state index is 10.3. The molecule has 1 N–H and O–H groups in total. The number of aryl methyl sites for hydroxylation is 1. The number of pyridine rings is 1. The predicted molar refractivity (Wildman–Crippen MR) is 94.3 cm³/mol. The summed E-state index contributed by atoms with van der Waals surface area (Å²) in [7, 11) is 0. The van der Waals surface area contributed by atoms with Gasteiger partial charge < -0.3 is 9.84 Å². The molecular formula is C18H25N3O2S. The lowest BCUT2D eigenvalue weighted by atomic mass is 9.88. The Labute approximate surface area is 148 Å². The number of hydrogen-bond acceptors (Lipinski definition) is 6. The van der Waals surface area contributed by atoms with Crippen molar-refractivity contribution >= 4 is 11.8 Å². The van der Waals surface area contributed by atoms with E-state index in [2.05, 4.69) is 16.0 Å². The molecular weight excluding hydrogens is 322 g/mol. The van der Waals surface area contributed by atoms with E-state index >= 15 is 0 Å². The molecule has 6 heteroatoms. The molecule has 1 saturated heterocycles. The summed E-state index contributed by atoms with van der Waals surface area (Å²) >= 11 is 1.51. The van der Waals surface area contributed by atoms with Gasteiger partial charge in [-0.1, -0.05) is 0 Å². The number of aliphatic hydroxyl groups is 1. The average Bonchev–Trinajstić information content (AvgIpc) is 2.61. The Balaban J connectivity index is 1.66. The zero-order valence-corrected chi connectivity index (χ0v) is 15.1. The van der Waals surface area contributed by atoms with Gasteiger partial charge in [0.2, 0.25) is 0 Å². The third-order valence-electron chi connectivity index (χ3n) is 4.79. The number of nitrogens with zero attached hydrogens (tertiary/aromatic N) is 3. The van der Waals surface area contributed by atoms with Crippen molar-refractivity contribution in [1.29, 1.82) is 5.26 Å². The number of hydrogen-bond donors (Lipinski definition) is 1. The molecule has 24 heavy (non-hydrogen) atoms. The number of thioether (sulfide) groups is 1. The Morgan fingerprint density at radius 2 is 2.00 bits per heavy atom. The number of nitriles is 1. The van der Waals surface area contributed by atoms with Crippen LogP contribution >= 0.6 is 11.8 Å². The van der Waals surface area contributed by atoms with Gasteiger partial charge >= 0.3 is 0 Å². The molecule has 0 bridgehead atoms. The lowest BCUT2D eigenvalue weighted by molar-refractivity contribution is 0.0188. The fourth-order valence-corrected chi connectivity index (χ4v) is 4.48. The first-order valence-corrected chi connectivity index (χ1v) is 9.71. The molecule has 130 valence electrons. The normalized spacial score (nSPS) is 19.5. The molecule has 0 aromatic carbocycles. The predicted octanol–water partition coefficient (Wildman–Crippen LogP) is 1.93. The largest absolute Gasteiger partial charge is 0.391 e. The van der Waals surface area contributed by atoms with E-state index in [1.807, 2.05) is 6.92 Å². The van der Waals surface area contributed by atoms with Crippen LogP contribution in [-0.4, -0.2) is 59.7 Å². The van der Waals surface area contributed by atoms with Crippen LogP contribution in [0.3, 0.4) is 0 Å². The Morgan fingerprint density at radius 3 is 2.71 bits per heavy atom. The summed E-state index contributed by atoms with van der Waals surface area (Å²) in [6.45, 7) is 5.93. The van der Waals surface area contributed by atoms with Gasteiger partial charge in [0.05, 0.1) is 24.9 Å². The van der Waals surface area contributed by atoms with Crippen LogP contribution in [0.4, 0.5) is 0 Å². The minimum Gasteiger partial charge on any atom is -0.391 e. The lowest BCUT2D eigenvalue weighted by Crippen LogP contribution is -2.41. The standard InChI is InChI=1S/C18H25N3O2S/c1-13-15-4-2-3-5-16(15)17(10-19)18(20-13)24-12-14(22)11-21-6-8-23-9-7-21/h14,22H,2-9,11-12H2,1H3. The summed E-state index contributed by atoms with van der Waals surface area (Å²) in [5.74, 6) is 0.567. The molecule has 1 aromatic heterocycles. The fourth-order valence-electron chi connectivity index (χ4n) is 3.51. The number of ether oxygens (including phenoxy) is 1. The molecule has 0 saturated carbocycles. The van der Waals surface area contributed by atoms with E-state index < -0.39 is 6.10 Å². The van der Waals surface area contributed by atoms with Crippen LogP contribution in [0.15, 0.2) is 5.03 Å². The highest BCUT2D eigenvalue weighted by Gasteiger charge is 2.22. The summed E-state index contributed by atoms with van der Waals surface area (Å²) in [6, 6.07) is 2.36. The topological polar surface area (TPSA) is 69.4 Å². The van der Waals surface area contributed by atoms with Gasteiger partial charge in [0.1, 0.15) is 11.1 Å². The van der Waals surface area contributed by atoms with Gasteiger partial charge in [0.15, 0.2) is 0 Å². The van der Waals surface area contributed by atoms with Gasteiger partial charge in [-0.2, -0.15) is 5.26 Å². The molecule has 5 nitrogen and oxygen atoms in total. The molecule has 0 amide bonds. The molecule has 1 unspecified atom stereocenters. The van der Waals surface area contributed by atoms with Gasteiger partial charge in [0, 0.05) is 31.1 Å². The minimum absolute atomic E-state index is 0.419. The molecule has 3 rings (SSSR count). The molecule has 1 fully saturated rings. The first kappa shape index (κ1) is 17.7. The van der Waals surface area contributed by atoms with E-state index in [0.717, 1.165) is 61.8 Å². The van der Waals surface area contributed by atoms with Crippen molar-refractivity contribution < 1.29 is 9.84 Å². The lowest BCUT2D eigenvalue weighted by Gasteiger charge is -2.28. The molecule has 1 aromatic rings. The second-order valence-electron chi connectivity index (χ2n) is 6.53. The summed E-state index contributed by atoms with van der Waals surface area (Å²) in [4.78, 5) is 6.90. The zero-order chi connectivity index (χ0) is 16.9.